The van der Waals surface area contributed by atoms with Crippen LogP contribution in [-0.4, -0.2) is 28.0 Å². The summed E-state index contributed by atoms with van der Waals surface area (Å²) in [6.45, 7) is 4.42. The van der Waals surface area contributed by atoms with Crippen molar-refractivity contribution in [3.63, 3.8) is 0 Å². The van der Waals surface area contributed by atoms with Gasteiger partial charge >= 0.3 is 5.69 Å². The second kappa shape index (κ2) is 7.18. The minimum atomic E-state index is -0.523. The van der Waals surface area contributed by atoms with Gasteiger partial charge in [0.25, 0.3) is 0 Å². The summed E-state index contributed by atoms with van der Waals surface area (Å²) in [6, 6.07) is 7.59. The maximum Gasteiger partial charge on any atom is 0.363 e. The van der Waals surface area contributed by atoms with Crippen LogP contribution in [0.3, 0.4) is 0 Å². The summed E-state index contributed by atoms with van der Waals surface area (Å²) in [4.78, 5) is 14.9. The van der Waals surface area contributed by atoms with Crippen LogP contribution in [-0.2, 0) is 0 Å². The number of benzene rings is 1. The number of aryl methyl sites for hydroxylation is 1. The van der Waals surface area contributed by atoms with E-state index in [0.29, 0.717) is 18.1 Å². The van der Waals surface area contributed by atoms with Crippen molar-refractivity contribution in [2.75, 3.05) is 12.0 Å². The van der Waals surface area contributed by atoms with Gasteiger partial charge in [0, 0.05) is 5.56 Å². The van der Waals surface area contributed by atoms with E-state index in [2.05, 4.69) is 25.7 Å². The number of nitrogens with one attached hydrogen (secondary N) is 2. The molecule has 0 spiro atoms. The van der Waals surface area contributed by atoms with Gasteiger partial charge in [0.15, 0.2) is 5.82 Å². The maximum atomic E-state index is 11.1. The number of hydrogen-bond donors (Lipinski definition) is 2. The first-order chi connectivity index (χ1) is 10.2. The predicted molar refractivity (Wildman–Crippen MR) is 80.8 cm³/mol. The Balaban J connectivity index is 2.11. The number of para-hydroxylation sites is 1. The molecule has 0 amide bonds. The highest BCUT2D eigenvalue weighted by atomic mass is 16.5. The van der Waals surface area contributed by atoms with Crippen LogP contribution in [0.4, 0.5) is 5.82 Å². The standard InChI is InChI=1S/C14H17N5O2/c1-3-8-21-12-7-5-4-6-11(12)9-15-18-13-10(2)17-19-14(20)16-13/h4-7,9H,3,8H2,1-2H3,(H2,16,18,19,20)/b15-9+. The van der Waals surface area contributed by atoms with Crippen molar-refractivity contribution >= 4 is 12.0 Å². The molecule has 7 heteroatoms. The molecular formula is C14H17N5O2. The molecule has 0 radical (unpaired) electrons. The summed E-state index contributed by atoms with van der Waals surface area (Å²) in [7, 11) is 0. The quantitative estimate of drug-likeness (QED) is 0.623. The van der Waals surface area contributed by atoms with Crippen LogP contribution in [0.1, 0.15) is 24.6 Å². The normalized spacial score (nSPS) is 10.8. The zero-order chi connectivity index (χ0) is 15.1. The molecular weight excluding hydrogens is 270 g/mol. The summed E-state index contributed by atoms with van der Waals surface area (Å²) in [5, 5.41) is 10.1. The van der Waals surface area contributed by atoms with Crippen molar-refractivity contribution in [2.45, 2.75) is 20.3 Å². The largest absolute Gasteiger partial charge is 0.493 e. The highest BCUT2D eigenvalue weighted by Crippen LogP contribution is 2.16. The van der Waals surface area contributed by atoms with E-state index in [1.165, 1.54) is 0 Å². The Hall–Kier alpha value is -2.70. The van der Waals surface area contributed by atoms with Gasteiger partial charge in [-0.15, -0.1) is 0 Å². The molecule has 0 fully saturated rings. The van der Waals surface area contributed by atoms with Crippen LogP contribution in [0.25, 0.3) is 0 Å². The minimum Gasteiger partial charge on any atom is -0.493 e. The molecule has 0 saturated heterocycles. The highest BCUT2D eigenvalue weighted by Gasteiger charge is 2.02. The highest BCUT2D eigenvalue weighted by molar-refractivity contribution is 5.83. The van der Waals surface area contributed by atoms with Gasteiger partial charge < -0.3 is 4.74 Å². The van der Waals surface area contributed by atoms with Gasteiger partial charge in [-0.25, -0.2) is 9.89 Å². The van der Waals surface area contributed by atoms with Gasteiger partial charge in [-0.3, -0.25) is 5.43 Å². The molecule has 0 atom stereocenters. The van der Waals surface area contributed by atoms with Crippen molar-refractivity contribution in [1.29, 1.82) is 0 Å². The van der Waals surface area contributed by atoms with Crippen molar-refractivity contribution in [3.8, 4) is 5.75 Å². The fourth-order valence-electron chi connectivity index (χ4n) is 1.59. The van der Waals surface area contributed by atoms with Crippen molar-refractivity contribution < 1.29 is 4.74 Å². The van der Waals surface area contributed by atoms with E-state index < -0.39 is 5.69 Å². The number of ether oxygens (including phenoxy) is 1. The van der Waals surface area contributed by atoms with Gasteiger partial charge in [0.1, 0.15) is 11.4 Å². The summed E-state index contributed by atoms with van der Waals surface area (Å²) in [5.41, 5.74) is 3.58. The lowest BCUT2D eigenvalue weighted by Gasteiger charge is -2.07. The molecule has 2 aromatic rings. The lowest BCUT2D eigenvalue weighted by atomic mass is 10.2. The molecule has 0 saturated carbocycles. The zero-order valence-corrected chi connectivity index (χ0v) is 12.0. The van der Waals surface area contributed by atoms with Crippen LogP contribution in [0.15, 0.2) is 34.2 Å². The molecule has 2 rings (SSSR count). The SMILES string of the molecule is CCCOc1ccccc1/C=N/Nc1nc(=O)[nH]nc1C. The third-order valence-corrected chi connectivity index (χ3v) is 2.63. The summed E-state index contributed by atoms with van der Waals surface area (Å²) < 4.78 is 5.63. The summed E-state index contributed by atoms with van der Waals surface area (Å²) in [5.74, 6) is 1.08. The number of H-pyrrole nitrogens is 1. The third kappa shape index (κ3) is 4.13. The third-order valence-electron chi connectivity index (χ3n) is 2.63. The predicted octanol–water partition coefficient (Wildman–Crippen LogP) is 1.71. The summed E-state index contributed by atoms with van der Waals surface area (Å²) >= 11 is 0. The molecule has 0 aliphatic heterocycles. The molecule has 1 heterocycles. The van der Waals surface area contributed by atoms with E-state index in [1.54, 1.807) is 13.1 Å². The molecule has 0 bridgehead atoms. The van der Waals surface area contributed by atoms with Gasteiger partial charge in [-0.1, -0.05) is 19.1 Å². The lowest BCUT2D eigenvalue weighted by molar-refractivity contribution is 0.317. The van der Waals surface area contributed by atoms with Gasteiger partial charge in [0.05, 0.1) is 12.8 Å². The Bertz CT molecular complexity index is 681. The van der Waals surface area contributed by atoms with E-state index in [0.717, 1.165) is 17.7 Å². The lowest BCUT2D eigenvalue weighted by Crippen LogP contribution is -2.15. The second-order valence-corrected chi connectivity index (χ2v) is 4.33. The molecule has 2 N–H and O–H groups in total. The van der Waals surface area contributed by atoms with Gasteiger partial charge in [0.2, 0.25) is 0 Å². The fraction of sp³-hybridized carbons (Fsp3) is 0.286. The van der Waals surface area contributed by atoms with Crippen molar-refractivity contribution in [2.24, 2.45) is 5.10 Å². The molecule has 1 aromatic heterocycles. The second-order valence-electron chi connectivity index (χ2n) is 4.33. The first kappa shape index (κ1) is 14.7. The molecule has 21 heavy (non-hydrogen) atoms. The Kier molecular flexibility index (Phi) is 5.03. The van der Waals surface area contributed by atoms with E-state index in [-0.39, 0.29) is 0 Å². The van der Waals surface area contributed by atoms with E-state index in [9.17, 15) is 4.79 Å². The average Bonchev–Trinajstić information content (AvgIpc) is 2.50. The molecule has 1 aromatic carbocycles. The minimum absolute atomic E-state index is 0.321. The topological polar surface area (TPSA) is 92.3 Å². The number of aromatic nitrogens is 3. The monoisotopic (exact) mass is 287 g/mol. The molecule has 0 aliphatic carbocycles. The average molecular weight is 287 g/mol. The van der Waals surface area contributed by atoms with Crippen LogP contribution in [0, 0.1) is 6.92 Å². The Labute approximate surface area is 122 Å². The number of aromatic amines is 1. The Morgan fingerprint density at radius 2 is 2.24 bits per heavy atom. The number of hydrogen-bond acceptors (Lipinski definition) is 6. The Morgan fingerprint density at radius 3 is 3.05 bits per heavy atom. The van der Waals surface area contributed by atoms with Crippen molar-refractivity contribution in [3.05, 3.63) is 46.0 Å². The van der Waals surface area contributed by atoms with Crippen LogP contribution < -0.4 is 15.9 Å². The number of rotatable bonds is 6. The first-order valence-electron chi connectivity index (χ1n) is 6.65. The zero-order valence-electron chi connectivity index (χ0n) is 12.0. The number of hydrazone groups is 1. The van der Waals surface area contributed by atoms with Crippen molar-refractivity contribution in [1.82, 2.24) is 15.2 Å². The maximum absolute atomic E-state index is 11.1. The summed E-state index contributed by atoms with van der Waals surface area (Å²) in [6.07, 6.45) is 2.55. The first-order valence-corrected chi connectivity index (χ1v) is 6.65. The Morgan fingerprint density at radius 1 is 1.43 bits per heavy atom. The van der Waals surface area contributed by atoms with Crippen LogP contribution in [0.2, 0.25) is 0 Å². The fourth-order valence-corrected chi connectivity index (χ4v) is 1.59. The van der Waals surface area contributed by atoms with Gasteiger partial charge in [-0.05, 0) is 25.5 Å². The number of anilines is 1. The molecule has 110 valence electrons. The molecule has 0 unspecified atom stereocenters. The van der Waals surface area contributed by atoms with E-state index in [4.69, 9.17) is 4.74 Å². The van der Waals surface area contributed by atoms with Gasteiger partial charge in [-0.2, -0.15) is 15.2 Å². The smallest absolute Gasteiger partial charge is 0.363 e. The van der Waals surface area contributed by atoms with E-state index in [1.807, 2.05) is 31.2 Å². The van der Waals surface area contributed by atoms with Crippen LogP contribution in [0.5, 0.6) is 5.75 Å². The molecule has 0 aliphatic rings. The van der Waals surface area contributed by atoms with Crippen LogP contribution >= 0.6 is 0 Å². The molecule has 7 nitrogen and oxygen atoms in total. The van der Waals surface area contributed by atoms with E-state index >= 15 is 0 Å². The number of nitrogens with zero attached hydrogens (tertiary/aromatic N) is 3.